The van der Waals surface area contributed by atoms with E-state index >= 15 is 0 Å². The molecule has 1 N–H and O–H groups in total. The van der Waals surface area contributed by atoms with Crippen molar-refractivity contribution in [1.29, 1.82) is 0 Å². The average Bonchev–Trinajstić information content (AvgIpc) is 3.08. The summed E-state index contributed by atoms with van der Waals surface area (Å²) in [4.78, 5) is 26.2. The molecule has 1 aromatic heterocycles. The van der Waals surface area contributed by atoms with Crippen LogP contribution in [0, 0.1) is 0 Å². The van der Waals surface area contributed by atoms with Crippen molar-refractivity contribution in [1.82, 2.24) is 14.7 Å². The number of benzene rings is 2. The lowest BCUT2D eigenvalue weighted by molar-refractivity contribution is 0.0674. The molecule has 0 aliphatic carbocycles. The van der Waals surface area contributed by atoms with Gasteiger partial charge in [0.2, 0.25) is 0 Å². The average molecular weight is 426 g/mol. The molecule has 2 aromatic carbocycles. The van der Waals surface area contributed by atoms with E-state index < -0.39 is 5.97 Å². The highest BCUT2D eigenvalue weighted by Crippen LogP contribution is 2.27. The topological polar surface area (TPSA) is 75.4 Å². The first kappa shape index (κ1) is 17.5. The zero-order valence-electron chi connectivity index (χ0n) is 14.3. The molecule has 0 bridgehead atoms. The molecular formula is C20H16BrN3O3. The van der Waals surface area contributed by atoms with E-state index in [9.17, 15) is 14.7 Å². The second-order valence-electron chi connectivity index (χ2n) is 6.31. The number of aromatic nitrogens is 2. The van der Waals surface area contributed by atoms with Gasteiger partial charge in [0, 0.05) is 28.6 Å². The maximum Gasteiger partial charge on any atom is 0.356 e. The summed E-state index contributed by atoms with van der Waals surface area (Å²) in [5, 5.41) is 13.9. The molecule has 0 radical (unpaired) electrons. The molecule has 136 valence electrons. The number of carbonyl (C=O) groups excluding carboxylic acids is 1. The third kappa shape index (κ3) is 3.26. The lowest BCUT2D eigenvalue weighted by Crippen LogP contribution is -2.36. The fourth-order valence-corrected chi connectivity index (χ4v) is 3.59. The molecular weight excluding hydrogens is 410 g/mol. The SMILES string of the molecule is O=C(O)c1nn(-c2ccc(Br)cc2)c2c1CN(C(=O)c1ccccc1)CC2. The minimum atomic E-state index is -1.09. The Balaban J connectivity index is 1.71. The van der Waals surface area contributed by atoms with Gasteiger partial charge in [-0.15, -0.1) is 0 Å². The van der Waals surface area contributed by atoms with E-state index in [4.69, 9.17) is 0 Å². The summed E-state index contributed by atoms with van der Waals surface area (Å²) in [6.07, 6.45) is 0.546. The molecule has 1 amide bonds. The second kappa shape index (κ2) is 7.00. The van der Waals surface area contributed by atoms with Crippen molar-refractivity contribution in [2.24, 2.45) is 0 Å². The third-order valence-corrected chi connectivity index (χ3v) is 5.17. The van der Waals surface area contributed by atoms with Crippen LogP contribution in [0.25, 0.3) is 5.69 Å². The lowest BCUT2D eigenvalue weighted by atomic mass is 10.0. The van der Waals surface area contributed by atoms with E-state index in [1.807, 2.05) is 42.5 Å². The van der Waals surface area contributed by atoms with Gasteiger partial charge in [0.1, 0.15) is 0 Å². The van der Waals surface area contributed by atoms with E-state index in [-0.39, 0.29) is 18.1 Å². The Kier molecular flexibility index (Phi) is 4.53. The van der Waals surface area contributed by atoms with Gasteiger partial charge in [0.25, 0.3) is 5.91 Å². The van der Waals surface area contributed by atoms with Gasteiger partial charge < -0.3 is 10.0 Å². The minimum absolute atomic E-state index is 0.00141. The maximum atomic E-state index is 12.8. The Hall–Kier alpha value is -2.93. The zero-order valence-corrected chi connectivity index (χ0v) is 15.9. The number of nitrogens with zero attached hydrogens (tertiary/aromatic N) is 3. The van der Waals surface area contributed by atoms with Crippen molar-refractivity contribution in [2.75, 3.05) is 6.54 Å². The van der Waals surface area contributed by atoms with Gasteiger partial charge in [-0.25, -0.2) is 9.48 Å². The highest BCUT2D eigenvalue weighted by atomic mass is 79.9. The summed E-state index contributed by atoms with van der Waals surface area (Å²) in [5.74, 6) is -1.19. The van der Waals surface area contributed by atoms with Gasteiger partial charge in [-0.1, -0.05) is 34.1 Å². The Labute approximate surface area is 164 Å². The fraction of sp³-hybridized carbons (Fsp3) is 0.150. The third-order valence-electron chi connectivity index (χ3n) is 4.64. The van der Waals surface area contributed by atoms with Gasteiger partial charge >= 0.3 is 5.97 Å². The smallest absolute Gasteiger partial charge is 0.356 e. The predicted octanol–water partition coefficient (Wildman–Crippen LogP) is 3.53. The minimum Gasteiger partial charge on any atom is -0.476 e. The molecule has 6 nitrogen and oxygen atoms in total. The molecule has 0 fully saturated rings. The second-order valence-corrected chi connectivity index (χ2v) is 7.23. The largest absolute Gasteiger partial charge is 0.476 e. The Bertz CT molecular complexity index is 1010. The highest BCUT2D eigenvalue weighted by molar-refractivity contribution is 9.10. The zero-order chi connectivity index (χ0) is 19.0. The Morgan fingerprint density at radius 2 is 1.74 bits per heavy atom. The fourth-order valence-electron chi connectivity index (χ4n) is 3.32. The molecule has 2 heterocycles. The number of aromatic carboxylic acids is 1. The van der Waals surface area contributed by atoms with Crippen molar-refractivity contribution >= 4 is 27.8 Å². The highest BCUT2D eigenvalue weighted by Gasteiger charge is 2.30. The molecule has 0 atom stereocenters. The summed E-state index contributed by atoms with van der Waals surface area (Å²) in [6, 6.07) is 16.6. The van der Waals surface area contributed by atoms with E-state index in [1.165, 1.54) is 0 Å². The van der Waals surface area contributed by atoms with Crippen molar-refractivity contribution < 1.29 is 14.7 Å². The van der Waals surface area contributed by atoms with Crippen molar-refractivity contribution in [3.05, 3.63) is 81.6 Å². The quantitative estimate of drug-likeness (QED) is 0.696. The van der Waals surface area contributed by atoms with Gasteiger partial charge in [0.15, 0.2) is 5.69 Å². The van der Waals surface area contributed by atoms with Crippen molar-refractivity contribution in [2.45, 2.75) is 13.0 Å². The predicted molar refractivity (Wildman–Crippen MR) is 103 cm³/mol. The van der Waals surface area contributed by atoms with Crippen molar-refractivity contribution in [3.8, 4) is 5.69 Å². The molecule has 27 heavy (non-hydrogen) atoms. The molecule has 0 saturated carbocycles. The Morgan fingerprint density at radius 3 is 2.41 bits per heavy atom. The summed E-state index contributed by atoms with van der Waals surface area (Å²) < 4.78 is 2.61. The number of hydrogen-bond acceptors (Lipinski definition) is 3. The first-order valence-corrected chi connectivity index (χ1v) is 9.28. The van der Waals surface area contributed by atoms with Crippen LogP contribution in [0.1, 0.15) is 32.1 Å². The normalized spacial score (nSPS) is 13.3. The van der Waals surface area contributed by atoms with Crippen LogP contribution >= 0.6 is 15.9 Å². The molecule has 1 aliphatic heterocycles. The summed E-state index contributed by atoms with van der Waals surface area (Å²) >= 11 is 3.40. The van der Waals surface area contributed by atoms with Gasteiger partial charge in [-0.3, -0.25) is 4.79 Å². The summed E-state index contributed by atoms with van der Waals surface area (Å²) in [5.41, 5.74) is 2.83. The lowest BCUT2D eigenvalue weighted by Gasteiger charge is -2.27. The molecule has 0 saturated heterocycles. The van der Waals surface area contributed by atoms with E-state index in [1.54, 1.807) is 21.7 Å². The van der Waals surface area contributed by atoms with E-state index in [2.05, 4.69) is 21.0 Å². The monoisotopic (exact) mass is 425 g/mol. The molecule has 0 spiro atoms. The van der Waals surface area contributed by atoms with Crippen LogP contribution < -0.4 is 0 Å². The van der Waals surface area contributed by atoms with Gasteiger partial charge in [0.05, 0.1) is 17.9 Å². The van der Waals surface area contributed by atoms with Crippen LogP contribution in [0.15, 0.2) is 59.1 Å². The van der Waals surface area contributed by atoms with Crippen LogP contribution in [0.2, 0.25) is 0 Å². The molecule has 3 aromatic rings. The van der Waals surface area contributed by atoms with Crippen LogP contribution in [0.3, 0.4) is 0 Å². The molecule has 1 aliphatic rings. The van der Waals surface area contributed by atoms with Crippen LogP contribution in [-0.2, 0) is 13.0 Å². The number of carbonyl (C=O) groups is 2. The van der Waals surface area contributed by atoms with Gasteiger partial charge in [-0.05, 0) is 36.4 Å². The first-order chi connectivity index (χ1) is 13.0. The Morgan fingerprint density at radius 1 is 1.04 bits per heavy atom. The molecule has 7 heteroatoms. The standard InChI is InChI=1S/C20H16BrN3O3/c21-14-6-8-15(9-7-14)24-17-10-11-23(12-16(17)18(22-24)20(26)27)19(25)13-4-2-1-3-5-13/h1-9H,10-12H2,(H,26,27). The number of carboxylic acids is 1. The number of carboxylic acid groups (broad SMARTS) is 1. The van der Waals surface area contributed by atoms with Crippen LogP contribution in [-0.4, -0.2) is 38.2 Å². The van der Waals surface area contributed by atoms with E-state index in [0.717, 1.165) is 15.9 Å². The first-order valence-electron chi connectivity index (χ1n) is 8.49. The number of hydrogen-bond donors (Lipinski definition) is 1. The molecule has 4 rings (SSSR count). The molecule has 0 unspecified atom stereocenters. The van der Waals surface area contributed by atoms with Gasteiger partial charge in [-0.2, -0.15) is 5.10 Å². The number of halogens is 1. The number of rotatable bonds is 3. The summed E-state index contributed by atoms with van der Waals surface area (Å²) in [7, 11) is 0. The van der Waals surface area contributed by atoms with E-state index in [0.29, 0.717) is 24.1 Å². The number of amides is 1. The summed E-state index contributed by atoms with van der Waals surface area (Å²) in [6.45, 7) is 0.753. The van der Waals surface area contributed by atoms with Crippen LogP contribution in [0.5, 0.6) is 0 Å². The maximum absolute atomic E-state index is 12.8. The van der Waals surface area contributed by atoms with Crippen LogP contribution in [0.4, 0.5) is 0 Å². The number of fused-ring (bicyclic) bond motifs is 1. The van der Waals surface area contributed by atoms with Crippen molar-refractivity contribution in [3.63, 3.8) is 0 Å².